The number of sulfonamides is 1. The molecule has 0 aliphatic heterocycles. The Morgan fingerprint density at radius 2 is 1.92 bits per heavy atom. The van der Waals surface area contributed by atoms with Gasteiger partial charge in [-0.1, -0.05) is 36.7 Å². The number of rotatable bonds is 6. The van der Waals surface area contributed by atoms with Crippen LogP contribution in [0.1, 0.15) is 18.9 Å². The Morgan fingerprint density at radius 1 is 1.23 bits per heavy atom. The Balaban J connectivity index is 2.22. The second kappa shape index (κ2) is 6.90. The van der Waals surface area contributed by atoms with Gasteiger partial charge in [0, 0.05) is 10.4 Å². The second-order valence-corrected chi connectivity index (χ2v) is 8.40. The molecule has 26 heavy (non-hydrogen) atoms. The number of anilines is 1. The van der Waals surface area contributed by atoms with E-state index in [9.17, 15) is 13.5 Å². The summed E-state index contributed by atoms with van der Waals surface area (Å²) in [4.78, 5) is 0. The number of aliphatic hydroxyl groups excluding tert-OH is 1. The summed E-state index contributed by atoms with van der Waals surface area (Å²) >= 11 is 6.00. The third kappa shape index (κ3) is 3.30. The van der Waals surface area contributed by atoms with Crippen LogP contribution in [0, 0.1) is 0 Å². The van der Waals surface area contributed by atoms with Gasteiger partial charge in [0.1, 0.15) is 5.54 Å². The molecule has 0 bridgehead atoms. The lowest BCUT2D eigenvalue weighted by Crippen LogP contribution is -2.39. The van der Waals surface area contributed by atoms with Crippen molar-refractivity contribution >= 4 is 38.2 Å². The van der Waals surface area contributed by atoms with Gasteiger partial charge in [0.05, 0.1) is 30.3 Å². The third-order valence-corrected chi connectivity index (χ3v) is 5.39. The molecule has 1 heterocycles. The number of hydrogen-bond donors (Lipinski definition) is 2. The van der Waals surface area contributed by atoms with Crippen LogP contribution < -0.4 is 4.72 Å². The Morgan fingerprint density at radius 3 is 2.50 bits per heavy atom. The van der Waals surface area contributed by atoms with Crippen LogP contribution in [0.5, 0.6) is 0 Å². The Hall–Kier alpha value is -2.09. The summed E-state index contributed by atoms with van der Waals surface area (Å²) in [5.41, 5.74) is 1.27. The molecule has 0 saturated carbocycles. The lowest BCUT2D eigenvalue weighted by Gasteiger charge is -2.32. The Labute approximate surface area is 157 Å². The Kier molecular flexibility index (Phi) is 4.96. The van der Waals surface area contributed by atoms with Gasteiger partial charge in [0.25, 0.3) is 0 Å². The van der Waals surface area contributed by atoms with E-state index in [2.05, 4.69) is 9.82 Å². The number of nitrogens with zero attached hydrogens (tertiary/aromatic N) is 2. The molecule has 0 fully saturated rings. The topological polar surface area (TPSA) is 84.2 Å². The van der Waals surface area contributed by atoms with Gasteiger partial charge in [-0.25, -0.2) is 8.42 Å². The molecule has 0 spiro atoms. The molecule has 1 aromatic heterocycles. The molecule has 2 N–H and O–H groups in total. The molecule has 2 aromatic carbocycles. The molecular weight excluding hydrogens is 374 g/mol. The van der Waals surface area contributed by atoms with E-state index in [1.54, 1.807) is 35.1 Å². The molecular formula is C18H20ClN3O3S. The van der Waals surface area contributed by atoms with Crippen LogP contribution in [-0.4, -0.2) is 36.2 Å². The largest absolute Gasteiger partial charge is 0.393 e. The predicted octanol–water partition coefficient (Wildman–Crippen LogP) is 3.21. The maximum absolute atomic E-state index is 11.6. The van der Waals surface area contributed by atoms with Gasteiger partial charge in [-0.15, -0.1) is 0 Å². The molecule has 0 aliphatic rings. The minimum atomic E-state index is -3.41. The molecule has 3 rings (SSSR count). The quantitative estimate of drug-likeness (QED) is 0.673. The van der Waals surface area contributed by atoms with Gasteiger partial charge in [0.15, 0.2) is 0 Å². The number of nitrogens with one attached hydrogen (secondary N) is 1. The van der Waals surface area contributed by atoms with Gasteiger partial charge in [-0.3, -0.25) is 9.40 Å². The molecule has 8 heteroatoms. The Bertz CT molecular complexity index is 1030. The molecule has 0 radical (unpaired) electrons. The minimum absolute atomic E-state index is 0.161. The van der Waals surface area contributed by atoms with Crippen molar-refractivity contribution in [2.24, 2.45) is 0 Å². The first-order chi connectivity index (χ1) is 12.3. The van der Waals surface area contributed by atoms with Crippen molar-refractivity contribution < 1.29 is 13.5 Å². The summed E-state index contributed by atoms with van der Waals surface area (Å²) in [5.74, 6) is 0. The molecule has 1 unspecified atom stereocenters. The van der Waals surface area contributed by atoms with E-state index in [1.807, 2.05) is 25.1 Å². The summed E-state index contributed by atoms with van der Waals surface area (Å²) in [6, 6.07) is 12.6. The van der Waals surface area contributed by atoms with E-state index in [1.165, 1.54) is 0 Å². The van der Waals surface area contributed by atoms with Crippen LogP contribution in [0.2, 0.25) is 5.02 Å². The third-order valence-electron chi connectivity index (χ3n) is 4.54. The molecule has 0 saturated heterocycles. The number of hydrogen-bond acceptors (Lipinski definition) is 4. The molecule has 3 aromatic rings. The predicted molar refractivity (Wildman–Crippen MR) is 104 cm³/mol. The summed E-state index contributed by atoms with van der Waals surface area (Å²) in [7, 11) is -3.41. The lowest BCUT2D eigenvalue weighted by molar-refractivity contribution is 0.154. The van der Waals surface area contributed by atoms with E-state index in [-0.39, 0.29) is 6.61 Å². The normalized spacial score (nSPS) is 14.3. The van der Waals surface area contributed by atoms with Crippen molar-refractivity contribution in [1.29, 1.82) is 0 Å². The average molecular weight is 394 g/mol. The number of fused-ring (bicyclic) bond motifs is 1. The van der Waals surface area contributed by atoms with Crippen molar-refractivity contribution in [2.45, 2.75) is 18.9 Å². The SMILES string of the molecule is CCC(CO)(c1ccc(Cl)cc1)n1ncc2c(NS(C)(=O)=O)cccc21. The molecule has 0 amide bonds. The summed E-state index contributed by atoms with van der Waals surface area (Å²) < 4.78 is 27.5. The summed E-state index contributed by atoms with van der Waals surface area (Å²) in [5, 5.41) is 16.0. The fourth-order valence-electron chi connectivity index (χ4n) is 3.19. The van der Waals surface area contributed by atoms with Gasteiger partial charge in [-0.05, 0) is 36.2 Å². The zero-order chi connectivity index (χ0) is 18.9. The van der Waals surface area contributed by atoms with Crippen molar-refractivity contribution in [1.82, 2.24) is 9.78 Å². The van der Waals surface area contributed by atoms with Gasteiger partial charge in [0.2, 0.25) is 10.0 Å². The number of aromatic nitrogens is 2. The second-order valence-electron chi connectivity index (χ2n) is 6.22. The number of benzene rings is 2. The van der Waals surface area contributed by atoms with Gasteiger partial charge >= 0.3 is 0 Å². The first kappa shape index (κ1) is 18.7. The van der Waals surface area contributed by atoms with Crippen molar-refractivity contribution in [3.05, 3.63) is 59.2 Å². The maximum Gasteiger partial charge on any atom is 0.229 e. The molecule has 1 atom stereocenters. The van der Waals surface area contributed by atoms with E-state index in [0.29, 0.717) is 22.5 Å². The highest BCUT2D eigenvalue weighted by Crippen LogP contribution is 2.35. The van der Waals surface area contributed by atoms with Gasteiger partial charge < -0.3 is 5.11 Å². The molecule has 138 valence electrons. The van der Waals surface area contributed by atoms with Crippen molar-refractivity contribution in [3.63, 3.8) is 0 Å². The summed E-state index contributed by atoms with van der Waals surface area (Å²) in [6.45, 7) is 1.81. The monoisotopic (exact) mass is 393 g/mol. The first-order valence-corrected chi connectivity index (χ1v) is 10.4. The number of aliphatic hydroxyl groups is 1. The lowest BCUT2D eigenvalue weighted by atomic mass is 9.88. The molecule has 0 aliphatic carbocycles. The van der Waals surface area contributed by atoms with Crippen LogP contribution in [0.4, 0.5) is 5.69 Å². The van der Waals surface area contributed by atoms with Crippen molar-refractivity contribution in [2.75, 3.05) is 17.6 Å². The van der Waals surface area contributed by atoms with Gasteiger partial charge in [-0.2, -0.15) is 5.10 Å². The fraction of sp³-hybridized carbons (Fsp3) is 0.278. The van der Waals surface area contributed by atoms with Crippen LogP contribution in [0.3, 0.4) is 0 Å². The minimum Gasteiger partial charge on any atom is -0.393 e. The van der Waals surface area contributed by atoms with Crippen LogP contribution in [-0.2, 0) is 15.6 Å². The standard InChI is InChI=1S/C18H20ClN3O3S/c1-3-18(12-23,13-7-9-14(19)10-8-13)22-17-6-4-5-16(15(17)11-20-22)21-26(2,24)25/h4-11,21,23H,3,12H2,1-2H3. The van der Waals surface area contributed by atoms with Crippen LogP contribution in [0.25, 0.3) is 10.9 Å². The first-order valence-electron chi connectivity index (χ1n) is 8.12. The zero-order valence-electron chi connectivity index (χ0n) is 14.5. The highest BCUT2D eigenvalue weighted by molar-refractivity contribution is 7.92. The fourth-order valence-corrected chi connectivity index (χ4v) is 3.89. The highest BCUT2D eigenvalue weighted by atomic mass is 35.5. The molecule has 6 nitrogen and oxygen atoms in total. The van der Waals surface area contributed by atoms with E-state index < -0.39 is 15.6 Å². The average Bonchev–Trinajstić information content (AvgIpc) is 3.03. The zero-order valence-corrected chi connectivity index (χ0v) is 16.0. The van der Waals surface area contributed by atoms with E-state index >= 15 is 0 Å². The number of halogens is 1. The smallest absolute Gasteiger partial charge is 0.229 e. The van der Waals surface area contributed by atoms with E-state index in [0.717, 1.165) is 17.3 Å². The van der Waals surface area contributed by atoms with Crippen LogP contribution in [0.15, 0.2) is 48.7 Å². The summed E-state index contributed by atoms with van der Waals surface area (Å²) in [6.07, 6.45) is 3.30. The van der Waals surface area contributed by atoms with Crippen molar-refractivity contribution in [3.8, 4) is 0 Å². The van der Waals surface area contributed by atoms with E-state index in [4.69, 9.17) is 11.6 Å². The highest BCUT2D eigenvalue weighted by Gasteiger charge is 2.34. The maximum atomic E-state index is 11.6. The van der Waals surface area contributed by atoms with Crippen LogP contribution >= 0.6 is 11.6 Å².